The molecule has 55 heavy (non-hydrogen) atoms. The average molecular weight is 957 g/mol. The molecule has 1 radical (unpaired) electrons. The summed E-state index contributed by atoms with van der Waals surface area (Å²) in [6.45, 7) is 30.5. The molecule has 0 saturated carbocycles. The van der Waals surface area contributed by atoms with Gasteiger partial charge >= 0.3 is 0 Å². The number of aliphatic hydroxyl groups excluding tert-OH is 1. The Balaban J connectivity index is 0.000000361. The second-order valence-corrected chi connectivity index (χ2v) is 24.3. The van der Waals surface area contributed by atoms with Gasteiger partial charge in [-0.2, -0.15) is 0 Å². The van der Waals surface area contributed by atoms with Crippen LogP contribution in [0.1, 0.15) is 104 Å². The number of allylic oxidation sites excluding steroid dienone is 2. The van der Waals surface area contributed by atoms with Gasteiger partial charge in [-0.3, -0.25) is 9.78 Å². The predicted octanol–water partition coefficient (Wildman–Crippen LogP) is 13.6. The zero-order valence-electron chi connectivity index (χ0n) is 37.0. The fourth-order valence-corrected chi connectivity index (χ4v) is 13.9. The van der Waals surface area contributed by atoms with Crippen LogP contribution in [0.15, 0.2) is 66.7 Å². The van der Waals surface area contributed by atoms with Crippen molar-refractivity contribution in [2.45, 2.75) is 121 Å². The standard InChI is InChI=1S/C31H35N2SSi.C17H32O2.Ir/c1-7-35(8-2,9-3)27-18-23(17-22-12-10-11-13-24(22)27)28-30-29(33-20-32-28)25-15-14-21(16-26(25)34-30)19-31(4,5)6;1-10(2)16(11(3)4)14(18)9-15(19)17(12(5)6)13(7)8;/h10-16,18,20H,7-9,19H2,1-6H3;9-13,16-18H,1-8H3;/q-1;;/b;14-9-;/i20D;;. The number of carbonyl (C=O) groups excluding carboxylic acids is 1. The van der Waals surface area contributed by atoms with Crippen molar-refractivity contribution in [1.82, 2.24) is 9.97 Å². The molecule has 0 aliphatic carbocycles. The van der Waals surface area contributed by atoms with Gasteiger partial charge in [-0.1, -0.05) is 156 Å². The summed E-state index contributed by atoms with van der Waals surface area (Å²) in [5.74, 6) is 1.63. The second-order valence-electron chi connectivity index (χ2n) is 18.0. The summed E-state index contributed by atoms with van der Waals surface area (Å²) >= 11 is 1.75. The minimum Gasteiger partial charge on any atom is -0.512 e. The second kappa shape index (κ2) is 19.6. The van der Waals surface area contributed by atoms with Gasteiger partial charge in [0.1, 0.15) is 7.67 Å². The molecule has 7 heteroatoms. The smallest absolute Gasteiger partial charge is 0.162 e. The first-order chi connectivity index (χ1) is 25.8. The largest absolute Gasteiger partial charge is 0.512 e. The van der Waals surface area contributed by atoms with Gasteiger partial charge in [0, 0.05) is 58.5 Å². The summed E-state index contributed by atoms with van der Waals surface area (Å²) in [5.41, 5.74) is 4.31. The van der Waals surface area contributed by atoms with Crippen molar-refractivity contribution in [3.05, 3.63) is 78.3 Å². The van der Waals surface area contributed by atoms with Crippen molar-refractivity contribution in [1.29, 1.82) is 0 Å². The molecular formula is C48H67IrN2O2SSi-. The first kappa shape index (κ1) is 45.0. The molecule has 0 fully saturated rings. The van der Waals surface area contributed by atoms with E-state index in [4.69, 9.17) is 6.35 Å². The summed E-state index contributed by atoms with van der Waals surface area (Å²) in [6, 6.07) is 25.1. The van der Waals surface area contributed by atoms with Gasteiger partial charge in [0.25, 0.3) is 0 Å². The van der Waals surface area contributed by atoms with Crippen LogP contribution in [0, 0.1) is 47.0 Å². The number of ketones is 1. The van der Waals surface area contributed by atoms with Crippen LogP contribution in [-0.2, 0) is 31.3 Å². The van der Waals surface area contributed by atoms with Crippen molar-refractivity contribution in [3.63, 3.8) is 0 Å². The molecule has 5 aromatic rings. The zero-order valence-corrected chi connectivity index (χ0v) is 40.2. The van der Waals surface area contributed by atoms with Crippen LogP contribution in [0.25, 0.3) is 42.3 Å². The molecule has 0 aliphatic rings. The van der Waals surface area contributed by atoms with Crippen LogP contribution >= 0.6 is 11.3 Å². The minimum atomic E-state index is -1.67. The predicted molar refractivity (Wildman–Crippen MR) is 239 cm³/mol. The first-order valence-corrected chi connectivity index (χ1v) is 23.8. The van der Waals surface area contributed by atoms with E-state index < -0.39 is 8.07 Å². The molecule has 0 unspecified atom stereocenters. The van der Waals surface area contributed by atoms with E-state index in [1.807, 2.05) is 0 Å². The van der Waals surface area contributed by atoms with Crippen LogP contribution in [0.2, 0.25) is 18.1 Å². The maximum absolute atomic E-state index is 12.3. The number of nitrogens with zero attached hydrogens (tertiary/aromatic N) is 2. The monoisotopic (exact) mass is 957 g/mol. The third-order valence-corrected chi connectivity index (χ3v) is 18.2. The summed E-state index contributed by atoms with van der Waals surface area (Å²) in [4.78, 5) is 21.7. The van der Waals surface area contributed by atoms with Crippen molar-refractivity contribution >= 4 is 61.5 Å². The van der Waals surface area contributed by atoms with Crippen molar-refractivity contribution in [2.75, 3.05) is 0 Å². The van der Waals surface area contributed by atoms with Crippen molar-refractivity contribution in [3.8, 4) is 11.3 Å². The van der Waals surface area contributed by atoms with Gasteiger partial charge in [0.15, 0.2) is 5.78 Å². The average Bonchev–Trinajstić information content (AvgIpc) is 3.45. The van der Waals surface area contributed by atoms with E-state index in [0.717, 1.165) is 38.7 Å². The van der Waals surface area contributed by atoms with E-state index in [1.165, 1.54) is 45.0 Å². The first-order valence-electron chi connectivity index (χ1n) is 20.9. The Kier molecular flexibility index (Phi) is 16.1. The van der Waals surface area contributed by atoms with Crippen LogP contribution in [0.5, 0.6) is 0 Å². The van der Waals surface area contributed by atoms with Crippen LogP contribution in [-0.4, -0.2) is 28.9 Å². The normalized spacial score (nSPS) is 13.1. The fourth-order valence-electron chi connectivity index (χ4n) is 8.82. The zero-order chi connectivity index (χ0) is 41.0. The van der Waals surface area contributed by atoms with Crippen molar-refractivity contribution in [2.24, 2.45) is 40.9 Å². The Morgan fingerprint density at radius 1 is 0.855 bits per heavy atom. The summed E-state index contributed by atoms with van der Waals surface area (Å²) in [7, 11) is -1.67. The Hall–Kier alpha value is -2.70. The topological polar surface area (TPSA) is 63.1 Å². The van der Waals surface area contributed by atoms with Gasteiger partial charge in [-0.05, 0) is 47.1 Å². The van der Waals surface area contributed by atoms with Gasteiger partial charge in [-0.25, -0.2) is 4.98 Å². The third-order valence-electron chi connectivity index (χ3n) is 11.5. The van der Waals surface area contributed by atoms with E-state index in [2.05, 4.69) is 157 Å². The molecule has 5 rings (SSSR count). The number of fused-ring (bicyclic) bond motifs is 4. The van der Waals surface area contributed by atoms with Gasteiger partial charge < -0.3 is 5.11 Å². The Bertz CT molecular complexity index is 2100. The third kappa shape index (κ3) is 10.8. The Morgan fingerprint density at radius 3 is 1.98 bits per heavy atom. The van der Waals surface area contributed by atoms with Gasteiger partial charge in [0.2, 0.25) is 0 Å². The van der Waals surface area contributed by atoms with Gasteiger partial charge in [-0.15, -0.1) is 40.1 Å². The summed E-state index contributed by atoms with van der Waals surface area (Å²) < 4.78 is 10.7. The number of aromatic nitrogens is 2. The van der Waals surface area contributed by atoms with E-state index >= 15 is 0 Å². The number of aliphatic hydroxyl groups is 1. The number of hydrogen-bond donors (Lipinski definition) is 1. The molecule has 2 heterocycles. The molecule has 3 aromatic carbocycles. The number of carbonyl (C=O) groups is 1. The molecule has 0 spiro atoms. The molecule has 0 aliphatic heterocycles. The molecule has 0 bridgehead atoms. The molecule has 1 N–H and O–H groups in total. The van der Waals surface area contributed by atoms with Crippen molar-refractivity contribution < 1.29 is 31.4 Å². The fraction of sp³-hybridized carbons (Fsp3) is 0.521. The molecule has 0 saturated heterocycles. The molecule has 301 valence electrons. The SMILES string of the molecule is CC(C)C(C(=O)/C=C(\O)C(C(C)C)C(C)C)C(C)C.[2H]c1nc(-c2[c-]c3ccccc3c([Si](CC)(CC)CC)c2)c2sc3cc(CC(C)(C)C)ccc3c2n1.[Ir]. The molecular weight excluding hydrogens is 889 g/mol. The number of rotatable bonds is 13. The van der Waals surface area contributed by atoms with Gasteiger partial charge in [0.05, 0.1) is 19.3 Å². The van der Waals surface area contributed by atoms with Crippen LogP contribution in [0.4, 0.5) is 0 Å². The van der Waals surface area contributed by atoms with E-state index in [9.17, 15) is 9.90 Å². The maximum Gasteiger partial charge on any atom is 0.162 e. The molecule has 0 amide bonds. The number of hydrogen-bond acceptors (Lipinski definition) is 5. The van der Waals surface area contributed by atoms with E-state index in [1.54, 1.807) is 11.3 Å². The number of benzene rings is 3. The minimum absolute atomic E-state index is 0. The number of thiophene rings is 1. The Labute approximate surface area is 352 Å². The molecule has 4 nitrogen and oxygen atoms in total. The maximum atomic E-state index is 12.3. The van der Waals surface area contributed by atoms with E-state index in [-0.39, 0.29) is 55.2 Å². The molecule has 0 atom stereocenters. The summed E-state index contributed by atoms with van der Waals surface area (Å²) in [5, 5.41) is 15.4. The van der Waals surface area contributed by atoms with Crippen LogP contribution in [0.3, 0.4) is 0 Å². The summed E-state index contributed by atoms with van der Waals surface area (Å²) in [6.07, 6.45) is 2.58. The van der Waals surface area contributed by atoms with Crippen LogP contribution < -0.4 is 5.19 Å². The quantitative estimate of drug-likeness (QED) is 0.0553. The van der Waals surface area contributed by atoms with E-state index in [0.29, 0.717) is 23.7 Å². The molecule has 2 aromatic heterocycles. The Morgan fingerprint density at radius 2 is 1.44 bits per heavy atom.